The molecule has 0 radical (unpaired) electrons. The van der Waals surface area contributed by atoms with E-state index in [1.165, 1.54) is 23.9 Å². The first kappa shape index (κ1) is 16.7. The van der Waals surface area contributed by atoms with Gasteiger partial charge in [-0.25, -0.2) is 9.07 Å². The topological polar surface area (TPSA) is 73.1 Å². The molecule has 0 N–H and O–H groups in total. The fourth-order valence-electron chi connectivity index (χ4n) is 2.02. The van der Waals surface area contributed by atoms with Crippen LogP contribution in [0.4, 0.5) is 4.39 Å². The van der Waals surface area contributed by atoms with Gasteiger partial charge in [-0.3, -0.25) is 4.79 Å². The quantitative estimate of drug-likeness (QED) is 0.675. The normalized spacial score (nSPS) is 13.8. The number of hydrogen-bond acceptors (Lipinski definition) is 6. The van der Waals surface area contributed by atoms with Crippen LogP contribution in [0.2, 0.25) is 0 Å². The molecule has 1 aromatic heterocycles. The Bertz CT molecular complexity index is 689. The molecule has 1 aliphatic rings. The summed E-state index contributed by atoms with van der Waals surface area (Å²) < 4.78 is 20.1. The fourth-order valence-corrected chi connectivity index (χ4v) is 2.91. The molecule has 0 unspecified atom stereocenters. The number of tetrazole rings is 1. The molecular formula is C15H18FN5O2S. The summed E-state index contributed by atoms with van der Waals surface area (Å²) in [5.41, 5.74) is 0. The van der Waals surface area contributed by atoms with E-state index in [9.17, 15) is 9.18 Å². The number of benzene rings is 1. The number of carbonyl (C=O) groups excluding carboxylic acids is 1. The molecule has 128 valence electrons. The maximum atomic E-state index is 12.8. The van der Waals surface area contributed by atoms with Crippen molar-refractivity contribution in [3.63, 3.8) is 0 Å². The molecule has 9 heteroatoms. The van der Waals surface area contributed by atoms with Gasteiger partial charge in [-0.15, -0.1) is 5.10 Å². The van der Waals surface area contributed by atoms with Crippen molar-refractivity contribution in [3.05, 3.63) is 30.1 Å². The molecule has 1 fully saturated rings. The van der Waals surface area contributed by atoms with Crippen LogP contribution in [0.5, 0.6) is 5.75 Å². The highest BCUT2D eigenvalue weighted by molar-refractivity contribution is 7.99. The lowest BCUT2D eigenvalue weighted by molar-refractivity contribution is -0.127. The van der Waals surface area contributed by atoms with E-state index >= 15 is 0 Å². The molecule has 0 bridgehead atoms. The van der Waals surface area contributed by atoms with E-state index < -0.39 is 0 Å². The number of ether oxygens (including phenoxy) is 1. The van der Waals surface area contributed by atoms with Gasteiger partial charge < -0.3 is 9.64 Å². The number of nitrogens with zero attached hydrogens (tertiary/aromatic N) is 5. The summed E-state index contributed by atoms with van der Waals surface area (Å²) in [6.07, 6.45) is 2.18. The van der Waals surface area contributed by atoms with Crippen molar-refractivity contribution in [1.82, 2.24) is 25.1 Å². The third kappa shape index (κ3) is 4.44. The van der Waals surface area contributed by atoms with Crippen molar-refractivity contribution in [2.45, 2.75) is 24.0 Å². The molecule has 1 amide bonds. The summed E-state index contributed by atoms with van der Waals surface area (Å²) in [4.78, 5) is 13.7. The van der Waals surface area contributed by atoms with E-state index in [1.807, 2.05) is 0 Å². The van der Waals surface area contributed by atoms with E-state index in [0.717, 1.165) is 12.8 Å². The van der Waals surface area contributed by atoms with Crippen LogP contribution in [-0.4, -0.2) is 57.0 Å². The van der Waals surface area contributed by atoms with Crippen molar-refractivity contribution >= 4 is 17.7 Å². The highest BCUT2D eigenvalue weighted by Crippen LogP contribution is 2.36. The zero-order chi connectivity index (χ0) is 16.9. The SMILES string of the molecule is CN(CCOc1ccc(F)cc1)C(=O)CSc1nnnn1C1CC1. The van der Waals surface area contributed by atoms with Crippen LogP contribution in [0.3, 0.4) is 0 Å². The molecule has 1 saturated carbocycles. The molecule has 2 aromatic rings. The second kappa shape index (κ2) is 7.61. The Kier molecular flexibility index (Phi) is 5.29. The Balaban J connectivity index is 1.39. The molecule has 7 nitrogen and oxygen atoms in total. The van der Waals surface area contributed by atoms with Gasteiger partial charge in [0.2, 0.25) is 11.1 Å². The Morgan fingerprint density at radius 1 is 1.42 bits per heavy atom. The highest BCUT2D eigenvalue weighted by atomic mass is 32.2. The van der Waals surface area contributed by atoms with Crippen LogP contribution in [0.15, 0.2) is 29.4 Å². The summed E-state index contributed by atoms with van der Waals surface area (Å²) in [7, 11) is 1.72. The second-order valence-corrected chi connectivity index (χ2v) is 6.49. The largest absolute Gasteiger partial charge is 0.492 e. The number of aromatic nitrogens is 4. The van der Waals surface area contributed by atoms with Gasteiger partial charge in [-0.05, 0) is 47.5 Å². The van der Waals surface area contributed by atoms with Gasteiger partial charge in [0.15, 0.2) is 0 Å². The van der Waals surface area contributed by atoms with Crippen LogP contribution in [0, 0.1) is 5.82 Å². The van der Waals surface area contributed by atoms with E-state index in [2.05, 4.69) is 15.5 Å². The van der Waals surface area contributed by atoms with Gasteiger partial charge in [-0.2, -0.15) is 0 Å². The van der Waals surface area contributed by atoms with E-state index in [4.69, 9.17) is 4.74 Å². The maximum absolute atomic E-state index is 12.8. The van der Waals surface area contributed by atoms with Crippen molar-refractivity contribution in [2.24, 2.45) is 0 Å². The van der Waals surface area contributed by atoms with Crippen molar-refractivity contribution in [1.29, 1.82) is 0 Å². The van der Waals surface area contributed by atoms with E-state index in [1.54, 1.807) is 28.8 Å². The zero-order valence-corrected chi connectivity index (χ0v) is 14.1. The summed E-state index contributed by atoms with van der Waals surface area (Å²) in [6.45, 7) is 0.794. The Hall–Kier alpha value is -2.16. The molecular weight excluding hydrogens is 333 g/mol. The lowest BCUT2D eigenvalue weighted by Crippen LogP contribution is -2.32. The van der Waals surface area contributed by atoms with Crippen LogP contribution < -0.4 is 4.74 Å². The Morgan fingerprint density at radius 2 is 2.17 bits per heavy atom. The third-order valence-corrected chi connectivity index (χ3v) is 4.53. The van der Waals surface area contributed by atoms with Gasteiger partial charge >= 0.3 is 0 Å². The molecule has 0 atom stereocenters. The summed E-state index contributed by atoms with van der Waals surface area (Å²) in [6, 6.07) is 6.19. The van der Waals surface area contributed by atoms with Crippen molar-refractivity contribution < 1.29 is 13.9 Å². The summed E-state index contributed by atoms with van der Waals surface area (Å²) in [5, 5.41) is 12.3. The van der Waals surface area contributed by atoms with Gasteiger partial charge in [0, 0.05) is 7.05 Å². The van der Waals surface area contributed by atoms with Crippen LogP contribution in [0.25, 0.3) is 0 Å². The van der Waals surface area contributed by atoms with Gasteiger partial charge in [0.1, 0.15) is 18.2 Å². The molecule has 24 heavy (non-hydrogen) atoms. The maximum Gasteiger partial charge on any atom is 0.232 e. The molecule has 0 spiro atoms. The van der Waals surface area contributed by atoms with Crippen LogP contribution in [-0.2, 0) is 4.79 Å². The van der Waals surface area contributed by atoms with Crippen LogP contribution >= 0.6 is 11.8 Å². The number of hydrogen-bond donors (Lipinski definition) is 0. The predicted octanol–water partition coefficient (Wildman–Crippen LogP) is 1.78. The first-order chi connectivity index (χ1) is 11.6. The number of rotatable bonds is 8. The third-order valence-electron chi connectivity index (χ3n) is 3.61. The molecule has 1 aliphatic carbocycles. The number of halogens is 1. The second-order valence-electron chi connectivity index (χ2n) is 5.54. The predicted molar refractivity (Wildman–Crippen MR) is 86.3 cm³/mol. The van der Waals surface area contributed by atoms with Crippen molar-refractivity contribution in [3.8, 4) is 5.75 Å². The minimum Gasteiger partial charge on any atom is -0.492 e. The highest BCUT2D eigenvalue weighted by Gasteiger charge is 2.28. The van der Waals surface area contributed by atoms with Crippen molar-refractivity contribution in [2.75, 3.05) is 26.0 Å². The van der Waals surface area contributed by atoms with Gasteiger partial charge in [0.25, 0.3) is 0 Å². The summed E-state index contributed by atoms with van der Waals surface area (Å²) in [5.74, 6) is 0.531. The minimum atomic E-state index is -0.305. The minimum absolute atomic E-state index is 0.0203. The van der Waals surface area contributed by atoms with E-state index in [0.29, 0.717) is 30.1 Å². The van der Waals surface area contributed by atoms with E-state index in [-0.39, 0.29) is 17.5 Å². The first-order valence-electron chi connectivity index (χ1n) is 7.66. The smallest absolute Gasteiger partial charge is 0.232 e. The zero-order valence-electron chi connectivity index (χ0n) is 13.3. The molecule has 0 aliphatic heterocycles. The lowest BCUT2D eigenvalue weighted by atomic mass is 10.3. The average molecular weight is 351 g/mol. The lowest BCUT2D eigenvalue weighted by Gasteiger charge is -2.17. The fraction of sp³-hybridized carbons (Fsp3) is 0.467. The number of likely N-dealkylation sites (N-methyl/N-ethyl adjacent to an activating group) is 1. The first-order valence-corrected chi connectivity index (χ1v) is 8.65. The molecule has 1 aromatic carbocycles. The number of amides is 1. The van der Waals surface area contributed by atoms with Gasteiger partial charge in [-0.1, -0.05) is 11.8 Å². The molecule has 3 rings (SSSR count). The van der Waals surface area contributed by atoms with Gasteiger partial charge in [0.05, 0.1) is 18.3 Å². The number of carbonyl (C=O) groups is 1. The molecule has 1 heterocycles. The Morgan fingerprint density at radius 3 is 2.88 bits per heavy atom. The monoisotopic (exact) mass is 351 g/mol. The number of thioether (sulfide) groups is 1. The van der Waals surface area contributed by atoms with Crippen LogP contribution in [0.1, 0.15) is 18.9 Å². The summed E-state index contributed by atoms with van der Waals surface area (Å²) >= 11 is 1.34. The Labute approximate surface area is 143 Å². The standard InChI is InChI=1S/C15H18FN5O2S/c1-20(8-9-23-13-6-2-11(16)3-7-13)14(22)10-24-15-17-18-19-21(15)12-4-5-12/h2-3,6-7,12H,4-5,8-10H2,1H3. The molecule has 0 saturated heterocycles. The average Bonchev–Trinajstić information content (AvgIpc) is 3.32.